The Morgan fingerprint density at radius 3 is 2.38 bits per heavy atom. The van der Waals surface area contributed by atoms with Gasteiger partial charge < -0.3 is 18.8 Å². The van der Waals surface area contributed by atoms with Crippen LogP contribution in [-0.4, -0.2) is 31.8 Å². The van der Waals surface area contributed by atoms with Gasteiger partial charge in [0.25, 0.3) is 5.91 Å². The molecule has 3 aromatic rings. The fourth-order valence-electron chi connectivity index (χ4n) is 2.70. The van der Waals surface area contributed by atoms with Crippen LogP contribution < -0.4 is 19.0 Å². The monoisotopic (exact) mass is 372 g/mol. The Kier molecular flexibility index (Phi) is 5.27. The minimum atomic E-state index is -0.374. The van der Waals surface area contributed by atoms with Crippen molar-refractivity contribution in [2.24, 2.45) is 4.99 Å². The van der Waals surface area contributed by atoms with E-state index in [4.69, 9.17) is 14.2 Å². The number of rotatable bonds is 5. The van der Waals surface area contributed by atoms with Crippen molar-refractivity contribution >= 4 is 27.5 Å². The van der Waals surface area contributed by atoms with Gasteiger partial charge in [-0.15, -0.1) is 0 Å². The maximum atomic E-state index is 12.8. The van der Waals surface area contributed by atoms with Crippen LogP contribution in [0.1, 0.15) is 17.3 Å². The number of methoxy groups -OCH3 is 3. The minimum Gasteiger partial charge on any atom is -0.497 e. The molecule has 0 atom stereocenters. The zero-order valence-electron chi connectivity index (χ0n) is 15.1. The lowest BCUT2D eigenvalue weighted by molar-refractivity contribution is 0.0994. The second kappa shape index (κ2) is 7.61. The molecule has 0 radical (unpaired) electrons. The summed E-state index contributed by atoms with van der Waals surface area (Å²) in [6, 6.07) is 10.9. The zero-order valence-corrected chi connectivity index (χ0v) is 15.9. The van der Waals surface area contributed by atoms with E-state index in [1.807, 2.05) is 29.7 Å². The highest BCUT2D eigenvalue weighted by molar-refractivity contribution is 7.16. The lowest BCUT2D eigenvalue weighted by Gasteiger charge is -2.07. The molecule has 136 valence electrons. The highest BCUT2D eigenvalue weighted by atomic mass is 32.1. The maximum Gasteiger partial charge on any atom is 0.283 e. The minimum absolute atomic E-state index is 0.365. The predicted molar refractivity (Wildman–Crippen MR) is 101 cm³/mol. The van der Waals surface area contributed by atoms with Gasteiger partial charge in [0.05, 0.1) is 37.1 Å². The molecule has 0 bridgehead atoms. The summed E-state index contributed by atoms with van der Waals surface area (Å²) in [6.45, 7) is 2.72. The molecule has 1 amide bonds. The number of hydrogen-bond donors (Lipinski definition) is 0. The lowest BCUT2D eigenvalue weighted by atomic mass is 10.2. The number of aryl methyl sites for hydroxylation is 1. The van der Waals surface area contributed by atoms with Gasteiger partial charge in [-0.1, -0.05) is 11.3 Å². The van der Waals surface area contributed by atoms with Crippen LogP contribution in [0.2, 0.25) is 0 Å². The van der Waals surface area contributed by atoms with E-state index in [-0.39, 0.29) is 5.91 Å². The third-order valence-corrected chi connectivity index (χ3v) is 5.08. The molecule has 0 aliphatic heterocycles. The number of hydrogen-bond acceptors (Lipinski definition) is 5. The van der Waals surface area contributed by atoms with Crippen LogP contribution in [0.3, 0.4) is 0 Å². The first kappa shape index (κ1) is 18.0. The van der Waals surface area contributed by atoms with Crippen molar-refractivity contribution in [3.8, 4) is 17.2 Å². The van der Waals surface area contributed by atoms with Crippen molar-refractivity contribution < 1.29 is 19.0 Å². The summed E-state index contributed by atoms with van der Waals surface area (Å²) in [5.74, 6) is 1.44. The normalized spacial score (nSPS) is 11.6. The lowest BCUT2D eigenvalue weighted by Crippen LogP contribution is -2.16. The van der Waals surface area contributed by atoms with Crippen LogP contribution in [-0.2, 0) is 6.54 Å². The molecular formula is C19H20N2O4S. The Balaban J connectivity index is 2.14. The van der Waals surface area contributed by atoms with Gasteiger partial charge in [-0.05, 0) is 43.3 Å². The molecule has 0 saturated carbocycles. The second-order valence-electron chi connectivity index (χ2n) is 5.45. The van der Waals surface area contributed by atoms with Crippen molar-refractivity contribution in [3.63, 3.8) is 0 Å². The highest BCUT2D eigenvalue weighted by Gasteiger charge is 2.14. The van der Waals surface area contributed by atoms with Crippen LogP contribution in [0.4, 0.5) is 0 Å². The summed E-state index contributed by atoms with van der Waals surface area (Å²) in [6.07, 6.45) is 0. The number of ether oxygens (including phenoxy) is 3. The molecule has 2 aromatic carbocycles. The second-order valence-corrected chi connectivity index (χ2v) is 6.45. The number of carbonyl (C=O) groups excluding carboxylic acids is 1. The Labute approximate surface area is 155 Å². The molecule has 1 heterocycles. The summed E-state index contributed by atoms with van der Waals surface area (Å²) >= 11 is 1.45. The molecule has 6 nitrogen and oxygen atoms in total. The van der Waals surface area contributed by atoms with E-state index in [9.17, 15) is 4.79 Å². The van der Waals surface area contributed by atoms with Gasteiger partial charge in [0, 0.05) is 6.54 Å². The third-order valence-electron chi connectivity index (χ3n) is 4.04. The zero-order chi connectivity index (χ0) is 18.7. The van der Waals surface area contributed by atoms with E-state index in [1.54, 1.807) is 32.4 Å². The molecule has 0 aliphatic carbocycles. The number of nitrogens with zero attached hydrogens (tertiary/aromatic N) is 2. The quantitative estimate of drug-likeness (QED) is 0.688. The largest absolute Gasteiger partial charge is 0.497 e. The Bertz CT molecular complexity index is 1020. The number of amides is 1. The van der Waals surface area contributed by atoms with Crippen LogP contribution in [0.15, 0.2) is 41.4 Å². The summed E-state index contributed by atoms with van der Waals surface area (Å²) in [5, 5.41) is 0. The van der Waals surface area contributed by atoms with Crippen molar-refractivity contribution in [3.05, 3.63) is 46.8 Å². The number of benzene rings is 2. The molecular weight excluding hydrogens is 352 g/mol. The maximum absolute atomic E-state index is 12.8. The van der Waals surface area contributed by atoms with Crippen molar-refractivity contribution in [2.75, 3.05) is 21.3 Å². The first-order valence-electron chi connectivity index (χ1n) is 8.09. The predicted octanol–water partition coefficient (Wildman–Crippen LogP) is 3.49. The fourth-order valence-corrected chi connectivity index (χ4v) is 3.82. The third kappa shape index (κ3) is 3.30. The first-order chi connectivity index (χ1) is 12.6. The smallest absolute Gasteiger partial charge is 0.283 e. The summed E-state index contributed by atoms with van der Waals surface area (Å²) in [4.78, 5) is 17.8. The molecule has 7 heteroatoms. The molecule has 0 N–H and O–H groups in total. The van der Waals surface area contributed by atoms with Crippen molar-refractivity contribution in [1.82, 2.24) is 4.57 Å². The average Bonchev–Trinajstić information content (AvgIpc) is 3.02. The molecule has 0 fully saturated rings. The van der Waals surface area contributed by atoms with E-state index in [1.165, 1.54) is 18.4 Å². The molecule has 0 aliphatic rings. The number of carbonyl (C=O) groups is 1. The molecule has 0 unspecified atom stereocenters. The SMILES string of the molecule is CCn1c(=NC(=O)c2cc(OC)ccc2OC)sc2cc(OC)ccc21. The van der Waals surface area contributed by atoms with Gasteiger partial charge in [-0.2, -0.15) is 4.99 Å². The van der Waals surface area contributed by atoms with Gasteiger partial charge in [0.15, 0.2) is 4.80 Å². The van der Waals surface area contributed by atoms with Crippen LogP contribution in [0, 0.1) is 0 Å². The topological polar surface area (TPSA) is 62.1 Å². The van der Waals surface area contributed by atoms with Gasteiger partial charge in [0.1, 0.15) is 17.2 Å². The molecule has 3 rings (SSSR count). The average molecular weight is 372 g/mol. The van der Waals surface area contributed by atoms with Crippen molar-refractivity contribution in [2.45, 2.75) is 13.5 Å². The summed E-state index contributed by atoms with van der Waals surface area (Å²) in [7, 11) is 4.71. The fraction of sp³-hybridized carbons (Fsp3) is 0.263. The first-order valence-corrected chi connectivity index (χ1v) is 8.91. The number of thiazole rings is 1. The van der Waals surface area contributed by atoms with Gasteiger partial charge >= 0.3 is 0 Å². The molecule has 26 heavy (non-hydrogen) atoms. The van der Waals surface area contributed by atoms with Crippen LogP contribution in [0.5, 0.6) is 17.2 Å². The summed E-state index contributed by atoms with van der Waals surface area (Å²) < 4.78 is 18.8. The van der Waals surface area contributed by atoms with Gasteiger partial charge in [-0.3, -0.25) is 4.79 Å². The van der Waals surface area contributed by atoms with Crippen LogP contribution >= 0.6 is 11.3 Å². The Hall–Kier alpha value is -2.80. The molecule has 1 aromatic heterocycles. The number of fused-ring (bicyclic) bond motifs is 1. The van der Waals surface area contributed by atoms with E-state index >= 15 is 0 Å². The number of aromatic nitrogens is 1. The standard InChI is InChI=1S/C19H20N2O4S/c1-5-21-15-8-6-13(24-3)11-17(15)26-19(21)20-18(22)14-10-12(23-2)7-9-16(14)25-4/h6-11H,5H2,1-4H3. The molecule has 0 saturated heterocycles. The highest BCUT2D eigenvalue weighted by Crippen LogP contribution is 2.26. The van der Waals surface area contributed by atoms with Crippen molar-refractivity contribution in [1.29, 1.82) is 0 Å². The van der Waals surface area contributed by atoms with E-state index in [0.717, 1.165) is 16.0 Å². The van der Waals surface area contributed by atoms with E-state index in [0.29, 0.717) is 28.4 Å². The Morgan fingerprint density at radius 1 is 1.04 bits per heavy atom. The Morgan fingerprint density at radius 2 is 1.73 bits per heavy atom. The van der Waals surface area contributed by atoms with E-state index in [2.05, 4.69) is 4.99 Å². The molecule has 0 spiro atoms. The van der Waals surface area contributed by atoms with Gasteiger partial charge in [0.2, 0.25) is 0 Å². The van der Waals surface area contributed by atoms with Crippen LogP contribution in [0.25, 0.3) is 10.2 Å². The van der Waals surface area contributed by atoms with E-state index < -0.39 is 0 Å². The summed E-state index contributed by atoms with van der Waals surface area (Å²) in [5.41, 5.74) is 1.38. The van der Waals surface area contributed by atoms with Gasteiger partial charge in [-0.25, -0.2) is 0 Å².